The van der Waals surface area contributed by atoms with Crippen LogP contribution in [0.5, 0.6) is 0 Å². The average Bonchev–Trinajstić information content (AvgIpc) is 2.43. The minimum absolute atomic E-state index is 0.122. The van der Waals surface area contributed by atoms with E-state index in [1.54, 1.807) is 0 Å². The maximum atomic E-state index is 5.92. The summed E-state index contributed by atoms with van der Waals surface area (Å²) in [4.78, 5) is 0. The number of hydrogen-bond acceptors (Lipinski definition) is 2. The second kappa shape index (κ2) is 16.8. The molecule has 0 aliphatic rings. The molecule has 0 N–H and O–H groups in total. The van der Waals surface area contributed by atoms with Crippen LogP contribution in [0.15, 0.2) is 0 Å². The van der Waals surface area contributed by atoms with Crippen LogP contribution in [-0.4, -0.2) is 40.6 Å². The molecule has 0 aromatic rings. The molecule has 3 heteroatoms. The van der Waals surface area contributed by atoms with Crippen molar-refractivity contribution in [3.63, 3.8) is 0 Å². The Morgan fingerprint density at radius 1 is 0.737 bits per heavy atom. The summed E-state index contributed by atoms with van der Waals surface area (Å²) in [6.07, 6.45) is 10.3. The molecule has 2 radical (unpaired) electrons. The zero-order valence-electron chi connectivity index (χ0n) is 13.4. The van der Waals surface area contributed by atoms with Crippen LogP contribution in [0, 0.1) is 0 Å². The Morgan fingerprint density at radius 3 is 1.74 bits per heavy atom. The van der Waals surface area contributed by atoms with E-state index in [0.717, 1.165) is 13.2 Å². The zero-order valence-corrected chi connectivity index (χ0v) is 16.2. The first-order valence-electron chi connectivity index (χ1n) is 8.29. The fourth-order valence-corrected chi connectivity index (χ4v) is 5.47. The van der Waals surface area contributed by atoms with E-state index >= 15 is 0 Å². The third-order valence-corrected chi connectivity index (χ3v) is 6.91. The third kappa shape index (κ3) is 14.9. The molecular formula is C16H34O2Sn. The van der Waals surface area contributed by atoms with Gasteiger partial charge in [-0.25, -0.2) is 0 Å². The van der Waals surface area contributed by atoms with Gasteiger partial charge < -0.3 is 0 Å². The van der Waals surface area contributed by atoms with E-state index in [1.807, 2.05) is 0 Å². The van der Waals surface area contributed by atoms with E-state index in [0.29, 0.717) is 0 Å². The Balaban J connectivity index is 3.66. The first-order valence-corrected chi connectivity index (χ1v) is 12.3. The van der Waals surface area contributed by atoms with E-state index in [4.69, 9.17) is 9.47 Å². The first-order chi connectivity index (χ1) is 9.35. The fourth-order valence-electron chi connectivity index (χ4n) is 1.82. The van der Waals surface area contributed by atoms with E-state index in [2.05, 4.69) is 20.8 Å². The predicted molar refractivity (Wildman–Crippen MR) is 85.0 cm³/mol. The molecule has 0 unspecified atom stereocenters. The van der Waals surface area contributed by atoms with Gasteiger partial charge in [-0.05, 0) is 0 Å². The summed E-state index contributed by atoms with van der Waals surface area (Å²) < 4.78 is 14.6. The Kier molecular flexibility index (Phi) is 17.4. The second-order valence-electron chi connectivity index (χ2n) is 5.14. The summed E-state index contributed by atoms with van der Waals surface area (Å²) in [5.74, 6) is 0. The normalized spacial score (nSPS) is 11.4. The van der Waals surface area contributed by atoms with Gasteiger partial charge in [-0.15, -0.1) is 0 Å². The number of hydrogen-bond donors (Lipinski definition) is 0. The Bertz CT molecular complexity index is 136. The molecule has 0 spiro atoms. The van der Waals surface area contributed by atoms with Crippen molar-refractivity contribution < 1.29 is 9.47 Å². The molecule has 0 aliphatic heterocycles. The summed E-state index contributed by atoms with van der Waals surface area (Å²) >= 11 is -0.248. The van der Waals surface area contributed by atoms with Crippen molar-refractivity contribution >= 4 is 21.1 Å². The van der Waals surface area contributed by atoms with Gasteiger partial charge in [-0.1, -0.05) is 0 Å². The predicted octanol–water partition coefficient (Wildman–Crippen LogP) is 5.07. The van der Waals surface area contributed by atoms with Crippen LogP contribution in [0.1, 0.15) is 72.1 Å². The van der Waals surface area contributed by atoms with Gasteiger partial charge in [0.25, 0.3) is 0 Å². The zero-order chi connectivity index (χ0) is 14.2. The second-order valence-corrected chi connectivity index (χ2v) is 9.16. The Hall–Kier alpha value is 0.719. The average molecular weight is 377 g/mol. The molecule has 0 aromatic carbocycles. The first kappa shape index (κ1) is 19.7. The molecule has 0 saturated heterocycles. The van der Waals surface area contributed by atoms with E-state index in [-0.39, 0.29) is 27.4 Å². The Labute approximate surface area is 131 Å². The minimum atomic E-state index is -0.248. The summed E-state index contributed by atoms with van der Waals surface area (Å²) in [6, 6.07) is 0. The summed E-state index contributed by atoms with van der Waals surface area (Å²) in [5.41, 5.74) is 0. The molecule has 0 saturated carbocycles. The van der Waals surface area contributed by atoms with Gasteiger partial charge in [0.15, 0.2) is 0 Å². The van der Waals surface area contributed by atoms with Gasteiger partial charge in [0.1, 0.15) is 0 Å². The molecule has 0 atom stereocenters. The van der Waals surface area contributed by atoms with Crippen LogP contribution in [0.3, 0.4) is 0 Å². The SMILES string of the molecule is CCCCCOC([CH2][Sn][CH2]CCC)OCCCCC. The molecule has 0 bridgehead atoms. The molecule has 0 rings (SSSR count). The van der Waals surface area contributed by atoms with Crippen LogP contribution in [0.25, 0.3) is 0 Å². The number of rotatable bonds is 15. The molecule has 2 nitrogen and oxygen atoms in total. The molecule has 0 aromatic heterocycles. The fraction of sp³-hybridized carbons (Fsp3) is 1.00. The van der Waals surface area contributed by atoms with Crippen molar-refractivity contribution in [3.05, 3.63) is 0 Å². The van der Waals surface area contributed by atoms with Crippen molar-refractivity contribution in [3.8, 4) is 0 Å². The van der Waals surface area contributed by atoms with Crippen molar-refractivity contribution in [1.82, 2.24) is 0 Å². The molecule has 0 aliphatic carbocycles. The summed E-state index contributed by atoms with van der Waals surface area (Å²) in [6.45, 7) is 8.52. The van der Waals surface area contributed by atoms with E-state index in [9.17, 15) is 0 Å². The van der Waals surface area contributed by atoms with Gasteiger partial charge in [-0.3, -0.25) is 0 Å². The standard InChI is InChI=1S/C12H25O2.C4H9.Sn/c1-4-6-8-10-13-12(3)14-11-9-7-5-2;1-3-4-2;/h12H,3-11H2,1-2H3;1,3-4H2,2H3;. The molecular weight excluding hydrogens is 343 g/mol. The van der Waals surface area contributed by atoms with Gasteiger partial charge >= 0.3 is 131 Å². The van der Waals surface area contributed by atoms with Crippen LogP contribution in [0.4, 0.5) is 0 Å². The van der Waals surface area contributed by atoms with Gasteiger partial charge in [0, 0.05) is 0 Å². The van der Waals surface area contributed by atoms with Crippen molar-refractivity contribution in [2.45, 2.75) is 87.3 Å². The van der Waals surface area contributed by atoms with Crippen LogP contribution in [0.2, 0.25) is 8.87 Å². The summed E-state index contributed by atoms with van der Waals surface area (Å²) in [5, 5.41) is 0. The summed E-state index contributed by atoms with van der Waals surface area (Å²) in [7, 11) is 0. The van der Waals surface area contributed by atoms with Crippen LogP contribution in [-0.2, 0) is 9.47 Å². The quantitative estimate of drug-likeness (QED) is 0.226. The molecule has 0 amide bonds. The van der Waals surface area contributed by atoms with Crippen LogP contribution < -0.4 is 0 Å². The van der Waals surface area contributed by atoms with Crippen molar-refractivity contribution in [1.29, 1.82) is 0 Å². The van der Waals surface area contributed by atoms with Gasteiger partial charge in [0.2, 0.25) is 0 Å². The maximum absolute atomic E-state index is 5.92. The van der Waals surface area contributed by atoms with E-state index in [1.165, 1.54) is 60.2 Å². The molecule has 0 fully saturated rings. The molecule has 19 heavy (non-hydrogen) atoms. The van der Waals surface area contributed by atoms with E-state index < -0.39 is 0 Å². The topological polar surface area (TPSA) is 18.5 Å². The van der Waals surface area contributed by atoms with Crippen molar-refractivity contribution in [2.24, 2.45) is 0 Å². The van der Waals surface area contributed by atoms with Gasteiger partial charge in [-0.2, -0.15) is 0 Å². The van der Waals surface area contributed by atoms with Crippen molar-refractivity contribution in [2.75, 3.05) is 13.2 Å². The Morgan fingerprint density at radius 2 is 1.26 bits per heavy atom. The van der Waals surface area contributed by atoms with Crippen LogP contribution >= 0.6 is 0 Å². The third-order valence-electron chi connectivity index (χ3n) is 3.12. The monoisotopic (exact) mass is 378 g/mol. The molecule has 0 heterocycles. The number of ether oxygens (including phenoxy) is 2. The number of unbranched alkanes of at least 4 members (excludes halogenated alkanes) is 5. The molecule has 114 valence electrons. The van der Waals surface area contributed by atoms with Gasteiger partial charge in [0.05, 0.1) is 0 Å².